The first-order chi connectivity index (χ1) is 7.57. The molecule has 0 aromatic carbocycles. The maximum absolute atomic E-state index is 11.8. The van der Waals surface area contributed by atoms with Crippen LogP contribution >= 0.6 is 0 Å². The first kappa shape index (κ1) is 15.6. The molecule has 2 N–H and O–H groups in total. The summed E-state index contributed by atoms with van der Waals surface area (Å²) in [6, 6.07) is 0.270. The molecule has 0 aliphatic heterocycles. The van der Waals surface area contributed by atoms with E-state index in [2.05, 4.69) is 13.8 Å². The zero-order valence-corrected chi connectivity index (χ0v) is 11.3. The number of Topliss-reactive ketones (excluding diaryl/α,β-unsaturated/α-hetero) is 1. The summed E-state index contributed by atoms with van der Waals surface area (Å²) in [6.07, 6.45) is 8.67. The molecule has 0 radical (unpaired) electrons. The minimum Gasteiger partial charge on any atom is -0.328 e. The Bertz CT molecular complexity index is 178. The van der Waals surface area contributed by atoms with Gasteiger partial charge in [-0.15, -0.1) is 0 Å². The van der Waals surface area contributed by atoms with Gasteiger partial charge in [-0.1, -0.05) is 39.5 Å². The summed E-state index contributed by atoms with van der Waals surface area (Å²) in [7, 11) is 0. The van der Waals surface area contributed by atoms with Crippen molar-refractivity contribution in [2.45, 2.75) is 78.2 Å². The van der Waals surface area contributed by atoms with Crippen LogP contribution in [-0.2, 0) is 4.79 Å². The maximum Gasteiger partial charge on any atom is 0.135 e. The molecule has 0 saturated heterocycles. The minimum absolute atomic E-state index is 0.236. The number of ketones is 1. The third-order valence-electron chi connectivity index (χ3n) is 3.12. The molecule has 0 heterocycles. The second-order valence-electron chi connectivity index (χ2n) is 5.09. The van der Waals surface area contributed by atoms with Gasteiger partial charge in [0.05, 0.1) is 0 Å². The number of hydrogen-bond donors (Lipinski definition) is 1. The predicted octanol–water partition coefficient (Wildman–Crippen LogP) is 3.68. The van der Waals surface area contributed by atoms with Crippen LogP contribution in [0.25, 0.3) is 0 Å². The van der Waals surface area contributed by atoms with E-state index in [4.69, 9.17) is 5.73 Å². The highest BCUT2D eigenvalue weighted by atomic mass is 16.1. The smallest absolute Gasteiger partial charge is 0.135 e. The highest BCUT2D eigenvalue weighted by Crippen LogP contribution is 2.14. The van der Waals surface area contributed by atoms with Crippen LogP contribution in [0.4, 0.5) is 0 Å². The highest BCUT2D eigenvalue weighted by molar-refractivity contribution is 5.80. The van der Waals surface area contributed by atoms with Crippen molar-refractivity contribution in [2.75, 3.05) is 0 Å². The zero-order chi connectivity index (χ0) is 12.4. The van der Waals surface area contributed by atoms with Crippen LogP contribution in [0.1, 0.15) is 72.1 Å². The minimum atomic E-state index is 0.236. The van der Waals surface area contributed by atoms with E-state index in [9.17, 15) is 4.79 Å². The number of carbonyl (C=O) groups is 1. The summed E-state index contributed by atoms with van der Waals surface area (Å²) >= 11 is 0. The molecule has 0 amide bonds. The lowest BCUT2D eigenvalue weighted by atomic mass is 9.95. The van der Waals surface area contributed by atoms with Gasteiger partial charge >= 0.3 is 0 Å². The lowest BCUT2D eigenvalue weighted by Crippen LogP contribution is -2.16. The average Bonchev–Trinajstić information content (AvgIpc) is 2.23. The van der Waals surface area contributed by atoms with Gasteiger partial charge in [-0.3, -0.25) is 4.79 Å². The molecule has 2 nitrogen and oxygen atoms in total. The van der Waals surface area contributed by atoms with E-state index in [1.807, 2.05) is 6.92 Å². The number of hydrogen-bond acceptors (Lipinski definition) is 2. The molecule has 0 spiro atoms. The predicted molar refractivity (Wildman–Crippen MR) is 70.4 cm³/mol. The quantitative estimate of drug-likeness (QED) is 0.578. The van der Waals surface area contributed by atoms with Crippen molar-refractivity contribution in [1.82, 2.24) is 0 Å². The summed E-state index contributed by atoms with van der Waals surface area (Å²) in [5.74, 6) is 0.682. The lowest BCUT2D eigenvalue weighted by Gasteiger charge is -2.11. The summed E-state index contributed by atoms with van der Waals surface area (Å²) in [5.41, 5.74) is 5.68. The number of carbonyl (C=O) groups excluding carboxylic acids is 1. The molecular formula is C14H29NO. The second kappa shape index (κ2) is 9.83. The van der Waals surface area contributed by atoms with Crippen LogP contribution in [0.15, 0.2) is 0 Å². The van der Waals surface area contributed by atoms with E-state index in [0.29, 0.717) is 5.78 Å². The summed E-state index contributed by atoms with van der Waals surface area (Å²) in [4.78, 5) is 11.8. The maximum atomic E-state index is 11.8. The summed E-state index contributed by atoms with van der Waals surface area (Å²) in [6.45, 7) is 6.28. The van der Waals surface area contributed by atoms with Crippen molar-refractivity contribution in [1.29, 1.82) is 0 Å². The van der Waals surface area contributed by atoms with Crippen LogP contribution < -0.4 is 5.73 Å². The Hall–Kier alpha value is -0.370. The number of nitrogens with two attached hydrogens (primary N) is 1. The van der Waals surface area contributed by atoms with Crippen LogP contribution in [0, 0.1) is 5.92 Å². The molecule has 0 rings (SSSR count). The van der Waals surface area contributed by atoms with Crippen LogP contribution in [0.3, 0.4) is 0 Å². The fourth-order valence-corrected chi connectivity index (χ4v) is 1.88. The van der Waals surface area contributed by atoms with Gasteiger partial charge in [0, 0.05) is 18.4 Å². The van der Waals surface area contributed by atoms with Gasteiger partial charge in [0.15, 0.2) is 0 Å². The lowest BCUT2D eigenvalue weighted by molar-refractivity contribution is -0.122. The zero-order valence-electron chi connectivity index (χ0n) is 11.3. The van der Waals surface area contributed by atoms with Crippen molar-refractivity contribution >= 4 is 5.78 Å². The first-order valence-electron chi connectivity index (χ1n) is 6.86. The number of rotatable bonds is 10. The third kappa shape index (κ3) is 8.90. The topological polar surface area (TPSA) is 43.1 Å². The second-order valence-corrected chi connectivity index (χ2v) is 5.09. The highest BCUT2D eigenvalue weighted by Gasteiger charge is 2.12. The van der Waals surface area contributed by atoms with E-state index in [-0.39, 0.29) is 12.0 Å². The Labute approximate surface area is 101 Å². The Kier molecular flexibility index (Phi) is 9.60. The Morgan fingerprint density at radius 3 is 2.31 bits per heavy atom. The summed E-state index contributed by atoms with van der Waals surface area (Å²) in [5, 5.41) is 0. The van der Waals surface area contributed by atoms with Crippen LogP contribution in [0.2, 0.25) is 0 Å². The third-order valence-corrected chi connectivity index (χ3v) is 3.12. The standard InChI is InChI=1S/C14H29NO/c1-4-5-6-7-11-14(16)12(2)9-8-10-13(3)15/h12-13H,4-11,15H2,1-3H3. The molecule has 0 aliphatic carbocycles. The van der Waals surface area contributed by atoms with Crippen LogP contribution in [0.5, 0.6) is 0 Å². The van der Waals surface area contributed by atoms with Crippen LogP contribution in [-0.4, -0.2) is 11.8 Å². The van der Waals surface area contributed by atoms with Gasteiger partial charge in [-0.2, -0.15) is 0 Å². The fourth-order valence-electron chi connectivity index (χ4n) is 1.88. The number of unbranched alkanes of at least 4 members (excludes halogenated alkanes) is 3. The van der Waals surface area contributed by atoms with E-state index in [1.54, 1.807) is 0 Å². The molecule has 96 valence electrons. The molecular weight excluding hydrogens is 198 g/mol. The van der Waals surface area contributed by atoms with Crippen molar-refractivity contribution in [3.8, 4) is 0 Å². The van der Waals surface area contributed by atoms with Crippen molar-refractivity contribution in [2.24, 2.45) is 11.7 Å². The van der Waals surface area contributed by atoms with E-state index in [0.717, 1.165) is 32.1 Å². The van der Waals surface area contributed by atoms with Crippen molar-refractivity contribution < 1.29 is 4.79 Å². The molecule has 2 unspecified atom stereocenters. The fraction of sp³-hybridized carbons (Fsp3) is 0.929. The summed E-state index contributed by atoms with van der Waals surface area (Å²) < 4.78 is 0. The van der Waals surface area contributed by atoms with Gasteiger partial charge in [-0.25, -0.2) is 0 Å². The SMILES string of the molecule is CCCCCCC(=O)C(C)CCCC(C)N. The van der Waals surface area contributed by atoms with E-state index in [1.165, 1.54) is 19.3 Å². The van der Waals surface area contributed by atoms with Gasteiger partial charge in [0.2, 0.25) is 0 Å². The average molecular weight is 227 g/mol. The molecule has 16 heavy (non-hydrogen) atoms. The molecule has 0 aromatic heterocycles. The Balaban J connectivity index is 3.49. The largest absolute Gasteiger partial charge is 0.328 e. The van der Waals surface area contributed by atoms with Gasteiger partial charge in [-0.05, 0) is 26.2 Å². The molecule has 0 aromatic rings. The molecule has 0 aliphatic rings. The van der Waals surface area contributed by atoms with E-state index < -0.39 is 0 Å². The Morgan fingerprint density at radius 2 is 1.75 bits per heavy atom. The van der Waals surface area contributed by atoms with E-state index >= 15 is 0 Å². The monoisotopic (exact) mass is 227 g/mol. The Morgan fingerprint density at radius 1 is 1.06 bits per heavy atom. The first-order valence-corrected chi connectivity index (χ1v) is 6.86. The molecule has 2 atom stereocenters. The molecule has 0 saturated carbocycles. The van der Waals surface area contributed by atoms with Gasteiger partial charge in [0.1, 0.15) is 5.78 Å². The van der Waals surface area contributed by atoms with Crippen molar-refractivity contribution in [3.05, 3.63) is 0 Å². The van der Waals surface area contributed by atoms with Crippen molar-refractivity contribution in [3.63, 3.8) is 0 Å². The molecule has 2 heteroatoms. The normalized spacial score (nSPS) is 14.8. The van der Waals surface area contributed by atoms with Gasteiger partial charge in [0.25, 0.3) is 0 Å². The van der Waals surface area contributed by atoms with Gasteiger partial charge < -0.3 is 5.73 Å². The molecule has 0 bridgehead atoms. The molecule has 0 fully saturated rings.